The van der Waals surface area contributed by atoms with Crippen LogP contribution in [-0.2, 0) is 0 Å². The summed E-state index contributed by atoms with van der Waals surface area (Å²) in [4.78, 5) is 6.80. The molecule has 1 aromatic carbocycles. The highest BCUT2D eigenvalue weighted by Crippen LogP contribution is 2.21. The standard InChI is InChI=1S/C13H16BrN5/c1-9-8-19(6-5-15-9)13-16-12(17-18-13)10-3-2-4-11(14)7-10/h2-4,7,9,15H,5-6,8H2,1H3,(H,16,17,18)/t9-/m1/s1. The molecule has 0 unspecified atom stereocenters. The number of benzene rings is 1. The van der Waals surface area contributed by atoms with Crippen LogP contribution in [0, 0.1) is 0 Å². The number of halogens is 1. The van der Waals surface area contributed by atoms with Crippen molar-refractivity contribution in [3.8, 4) is 11.4 Å². The van der Waals surface area contributed by atoms with Gasteiger partial charge in [0.1, 0.15) is 0 Å². The lowest BCUT2D eigenvalue weighted by molar-refractivity contribution is 0.480. The summed E-state index contributed by atoms with van der Waals surface area (Å²) in [5.41, 5.74) is 1.04. The van der Waals surface area contributed by atoms with Crippen molar-refractivity contribution < 1.29 is 0 Å². The van der Waals surface area contributed by atoms with Crippen molar-refractivity contribution in [3.05, 3.63) is 28.7 Å². The summed E-state index contributed by atoms with van der Waals surface area (Å²) in [6, 6.07) is 8.52. The third-order valence-corrected chi connectivity index (χ3v) is 3.72. The normalized spacial score (nSPS) is 19.7. The first-order chi connectivity index (χ1) is 9.22. The molecule has 3 rings (SSSR count). The van der Waals surface area contributed by atoms with E-state index in [1.807, 2.05) is 24.3 Å². The zero-order chi connectivity index (χ0) is 13.2. The van der Waals surface area contributed by atoms with Crippen molar-refractivity contribution in [3.63, 3.8) is 0 Å². The fraction of sp³-hybridized carbons (Fsp3) is 0.385. The van der Waals surface area contributed by atoms with Gasteiger partial charge < -0.3 is 10.2 Å². The van der Waals surface area contributed by atoms with Gasteiger partial charge in [0.2, 0.25) is 5.95 Å². The molecule has 2 aromatic rings. The minimum Gasteiger partial charge on any atom is -0.337 e. The van der Waals surface area contributed by atoms with Crippen LogP contribution in [-0.4, -0.2) is 40.9 Å². The Bertz CT molecular complexity index is 568. The molecular weight excluding hydrogens is 306 g/mol. The van der Waals surface area contributed by atoms with E-state index in [2.05, 4.69) is 48.3 Å². The Morgan fingerprint density at radius 2 is 2.32 bits per heavy atom. The molecule has 2 N–H and O–H groups in total. The van der Waals surface area contributed by atoms with Crippen LogP contribution >= 0.6 is 15.9 Å². The molecule has 5 nitrogen and oxygen atoms in total. The second-order valence-corrected chi connectivity index (χ2v) is 5.71. The maximum atomic E-state index is 4.59. The first-order valence-corrected chi connectivity index (χ1v) is 7.18. The van der Waals surface area contributed by atoms with Crippen LogP contribution in [0.2, 0.25) is 0 Å². The molecule has 19 heavy (non-hydrogen) atoms. The fourth-order valence-corrected chi connectivity index (χ4v) is 2.67. The molecule has 1 saturated heterocycles. The number of aromatic amines is 1. The van der Waals surface area contributed by atoms with Gasteiger partial charge in [0, 0.05) is 35.7 Å². The molecule has 1 fully saturated rings. The number of hydrogen-bond acceptors (Lipinski definition) is 4. The Balaban J connectivity index is 1.83. The summed E-state index contributed by atoms with van der Waals surface area (Å²) in [6.07, 6.45) is 0. The third-order valence-electron chi connectivity index (χ3n) is 3.22. The Kier molecular flexibility index (Phi) is 3.52. The topological polar surface area (TPSA) is 56.8 Å². The van der Waals surface area contributed by atoms with Crippen LogP contribution in [0.15, 0.2) is 28.7 Å². The quantitative estimate of drug-likeness (QED) is 0.888. The van der Waals surface area contributed by atoms with Crippen molar-refractivity contribution in [1.29, 1.82) is 0 Å². The Hall–Kier alpha value is -1.40. The van der Waals surface area contributed by atoms with E-state index in [1.54, 1.807) is 0 Å². The molecule has 1 aromatic heterocycles. The van der Waals surface area contributed by atoms with E-state index in [0.29, 0.717) is 6.04 Å². The number of rotatable bonds is 2. The summed E-state index contributed by atoms with van der Waals surface area (Å²) >= 11 is 3.47. The summed E-state index contributed by atoms with van der Waals surface area (Å²) in [6.45, 7) is 5.03. The van der Waals surface area contributed by atoms with Crippen LogP contribution in [0.3, 0.4) is 0 Å². The molecule has 0 spiro atoms. The van der Waals surface area contributed by atoms with E-state index in [-0.39, 0.29) is 0 Å². The van der Waals surface area contributed by atoms with Gasteiger partial charge >= 0.3 is 0 Å². The van der Waals surface area contributed by atoms with Gasteiger partial charge in [-0.2, -0.15) is 4.98 Å². The van der Waals surface area contributed by atoms with Crippen molar-refractivity contribution in [1.82, 2.24) is 20.5 Å². The first kappa shape index (κ1) is 12.6. The van der Waals surface area contributed by atoms with E-state index >= 15 is 0 Å². The minimum absolute atomic E-state index is 0.474. The molecular formula is C13H16BrN5. The number of nitrogens with zero attached hydrogens (tertiary/aromatic N) is 3. The number of aromatic nitrogens is 3. The highest BCUT2D eigenvalue weighted by Gasteiger charge is 2.19. The number of nitrogens with one attached hydrogen (secondary N) is 2. The summed E-state index contributed by atoms with van der Waals surface area (Å²) in [5.74, 6) is 1.59. The average molecular weight is 322 g/mol. The summed E-state index contributed by atoms with van der Waals surface area (Å²) in [5, 5.41) is 10.8. The van der Waals surface area contributed by atoms with E-state index < -0.39 is 0 Å². The smallest absolute Gasteiger partial charge is 0.245 e. The van der Waals surface area contributed by atoms with Crippen LogP contribution in [0.4, 0.5) is 5.95 Å². The second-order valence-electron chi connectivity index (χ2n) is 4.80. The summed E-state index contributed by atoms with van der Waals surface area (Å²) in [7, 11) is 0. The van der Waals surface area contributed by atoms with E-state index in [9.17, 15) is 0 Å². The van der Waals surface area contributed by atoms with Crippen molar-refractivity contribution in [2.75, 3.05) is 24.5 Å². The molecule has 1 atom stereocenters. The maximum Gasteiger partial charge on any atom is 0.245 e. The van der Waals surface area contributed by atoms with Gasteiger partial charge in [-0.15, -0.1) is 5.10 Å². The van der Waals surface area contributed by atoms with Crippen molar-refractivity contribution in [2.45, 2.75) is 13.0 Å². The number of H-pyrrole nitrogens is 1. The molecule has 1 aliphatic rings. The Labute approximate surface area is 120 Å². The molecule has 6 heteroatoms. The lowest BCUT2D eigenvalue weighted by atomic mass is 10.2. The molecule has 0 amide bonds. The second kappa shape index (κ2) is 5.30. The Morgan fingerprint density at radius 1 is 1.42 bits per heavy atom. The predicted octanol–water partition coefficient (Wildman–Crippen LogP) is 2.03. The molecule has 1 aliphatic heterocycles. The van der Waals surface area contributed by atoms with E-state index in [4.69, 9.17) is 0 Å². The molecule has 0 bridgehead atoms. The van der Waals surface area contributed by atoms with Crippen molar-refractivity contribution in [2.24, 2.45) is 0 Å². The van der Waals surface area contributed by atoms with E-state index in [0.717, 1.165) is 41.4 Å². The van der Waals surface area contributed by atoms with Gasteiger partial charge in [0.05, 0.1) is 0 Å². The number of piperazine rings is 1. The molecule has 2 heterocycles. The lowest BCUT2D eigenvalue weighted by Crippen LogP contribution is -2.49. The van der Waals surface area contributed by atoms with Crippen LogP contribution < -0.4 is 10.2 Å². The van der Waals surface area contributed by atoms with Gasteiger partial charge in [-0.05, 0) is 19.1 Å². The first-order valence-electron chi connectivity index (χ1n) is 6.39. The number of hydrogen-bond donors (Lipinski definition) is 2. The minimum atomic E-state index is 0.474. The predicted molar refractivity (Wildman–Crippen MR) is 79.2 cm³/mol. The third kappa shape index (κ3) is 2.79. The monoisotopic (exact) mass is 321 g/mol. The lowest BCUT2D eigenvalue weighted by Gasteiger charge is -2.30. The highest BCUT2D eigenvalue weighted by atomic mass is 79.9. The average Bonchev–Trinajstić information content (AvgIpc) is 2.88. The van der Waals surface area contributed by atoms with Gasteiger partial charge in [-0.1, -0.05) is 28.1 Å². The fourth-order valence-electron chi connectivity index (χ4n) is 2.27. The van der Waals surface area contributed by atoms with Gasteiger partial charge in [0.25, 0.3) is 0 Å². The van der Waals surface area contributed by atoms with Crippen molar-refractivity contribution >= 4 is 21.9 Å². The molecule has 100 valence electrons. The van der Waals surface area contributed by atoms with Gasteiger partial charge in [0.15, 0.2) is 5.82 Å². The largest absolute Gasteiger partial charge is 0.337 e. The van der Waals surface area contributed by atoms with Crippen LogP contribution in [0.25, 0.3) is 11.4 Å². The van der Waals surface area contributed by atoms with Gasteiger partial charge in [-0.25, -0.2) is 0 Å². The Morgan fingerprint density at radius 3 is 3.11 bits per heavy atom. The highest BCUT2D eigenvalue weighted by molar-refractivity contribution is 9.10. The zero-order valence-corrected chi connectivity index (χ0v) is 12.3. The van der Waals surface area contributed by atoms with Gasteiger partial charge in [-0.3, -0.25) is 5.10 Å². The molecule has 0 aliphatic carbocycles. The maximum absolute atomic E-state index is 4.59. The molecule has 0 saturated carbocycles. The van der Waals surface area contributed by atoms with Crippen LogP contribution in [0.5, 0.6) is 0 Å². The van der Waals surface area contributed by atoms with E-state index in [1.165, 1.54) is 0 Å². The van der Waals surface area contributed by atoms with Crippen LogP contribution in [0.1, 0.15) is 6.92 Å². The number of anilines is 1. The SMILES string of the molecule is C[C@@H]1CN(c2n[nH]c(-c3cccc(Br)c3)n2)CCN1. The molecule has 0 radical (unpaired) electrons. The summed E-state index contributed by atoms with van der Waals surface area (Å²) < 4.78 is 1.04. The zero-order valence-electron chi connectivity index (χ0n) is 10.7.